The van der Waals surface area contributed by atoms with Gasteiger partial charge in [0.15, 0.2) is 0 Å². The largest absolute Gasteiger partial charge is 0.378 e. The zero-order chi connectivity index (χ0) is 16.6. The zero-order valence-corrected chi connectivity index (χ0v) is 13.4. The van der Waals surface area contributed by atoms with E-state index in [1.807, 2.05) is 6.07 Å². The van der Waals surface area contributed by atoms with Crippen LogP contribution in [0, 0.1) is 5.82 Å². The monoisotopic (exact) mass is 329 g/mol. The molecular formula is C19H20FNO3. The van der Waals surface area contributed by atoms with Crippen LogP contribution in [0.4, 0.5) is 4.39 Å². The van der Waals surface area contributed by atoms with Gasteiger partial charge in [0.2, 0.25) is 0 Å². The van der Waals surface area contributed by atoms with Crippen molar-refractivity contribution in [2.24, 2.45) is 0 Å². The fourth-order valence-corrected chi connectivity index (χ4v) is 3.74. The molecule has 24 heavy (non-hydrogen) atoms. The second-order valence-electron chi connectivity index (χ2n) is 6.64. The minimum atomic E-state index is -0.310. The fourth-order valence-electron chi connectivity index (χ4n) is 3.74. The van der Waals surface area contributed by atoms with Crippen LogP contribution in [0.5, 0.6) is 0 Å². The summed E-state index contributed by atoms with van der Waals surface area (Å²) in [5.74, 6) is -0.470. The zero-order valence-electron chi connectivity index (χ0n) is 13.4. The molecule has 0 aliphatic carbocycles. The van der Waals surface area contributed by atoms with E-state index in [1.165, 1.54) is 6.07 Å². The molecule has 1 N–H and O–H groups in total. The number of halogens is 1. The van der Waals surface area contributed by atoms with Gasteiger partial charge in [-0.3, -0.25) is 4.79 Å². The summed E-state index contributed by atoms with van der Waals surface area (Å²) in [6.07, 6.45) is 2.42. The van der Waals surface area contributed by atoms with Crippen molar-refractivity contribution < 1.29 is 18.7 Å². The Hall–Kier alpha value is -1.98. The number of carbonyl (C=O) groups is 1. The lowest BCUT2D eigenvalue weighted by Gasteiger charge is -2.37. The summed E-state index contributed by atoms with van der Waals surface area (Å²) in [5, 5.41) is 4.21. The Morgan fingerprint density at radius 2 is 2.00 bits per heavy atom. The molecule has 2 fully saturated rings. The third-order valence-corrected chi connectivity index (χ3v) is 5.01. The molecule has 4 rings (SSSR count). The van der Waals surface area contributed by atoms with Crippen LogP contribution in [0.2, 0.25) is 0 Å². The summed E-state index contributed by atoms with van der Waals surface area (Å²) < 4.78 is 25.3. The highest BCUT2D eigenvalue weighted by Crippen LogP contribution is 2.33. The number of ether oxygens (including phenoxy) is 2. The molecule has 0 unspecified atom stereocenters. The summed E-state index contributed by atoms with van der Waals surface area (Å²) >= 11 is 0. The summed E-state index contributed by atoms with van der Waals surface area (Å²) in [6.45, 7) is 1.93. The SMILES string of the molecule is O=C(N[C@H]1CCO[C@@]2(CCOC2)C1)c1ccc(F)c2ccccc12. The fraction of sp³-hybridized carbons (Fsp3) is 0.421. The van der Waals surface area contributed by atoms with E-state index in [2.05, 4.69) is 5.32 Å². The quantitative estimate of drug-likeness (QED) is 0.921. The van der Waals surface area contributed by atoms with Gasteiger partial charge in [-0.15, -0.1) is 0 Å². The van der Waals surface area contributed by atoms with Crippen LogP contribution in [-0.4, -0.2) is 37.4 Å². The molecule has 2 atom stereocenters. The lowest BCUT2D eigenvalue weighted by atomic mass is 9.89. The predicted molar refractivity (Wildman–Crippen MR) is 88.5 cm³/mol. The molecule has 5 heteroatoms. The maximum absolute atomic E-state index is 13.9. The molecular weight excluding hydrogens is 309 g/mol. The van der Waals surface area contributed by atoms with Gasteiger partial charge in [0.1, 0.15) is 5.82 Å². The first-order chi connectivity index (χ1) is 11.7. The van der Waals surface area contributed by atoms with Crippen molar-refractivity contribution in [2.75, 3.05) is 19.8 Å². The molecule has 2 aliphatic heterocycles. The first-order valence-corrected chi connectivity index (χ1v) is 8.37. The number of fused-ring (bicyclic) bond motifs is 1. The summed E-state index contributed by atoms with van der Waals surface area (Å²) in [7, 11) is 0. The summed E-state index contributed by atoms with van der Waals surface area (Å²) in [5.41, 5.74) is 0.261. The first-order valence-electron chi connectivity index (χ1n) is 8.37. The Morgan fingerprint density at radius 3 is 2.79 bits per heavy atom. The average molecular weight is 329 g/mol. The molecule has 2 saturated heterocycles. The van der Waals surface area contributed by atoms with Crippen LogP contribution < -0.4 is 5.32 Å². The Bertz CT molecular complexity index is 770. The maximum atomic E-state index is 13.9. The Balaban J connectivity index is 1.55. The van der Waals surface area contributed by atoms with Gasteiger partial charge in [-0.2, -0.15) is 0 Å². The van der Waals surface area contributed by atoms with Gasteiger partial charge in [-0.1, -0.05) is 24.3 Å². The lowest BCUT2D eigenvalue weighted by molar-refractivity contribution is -0.0880. The van der Waals surface area contributed by atoms with Crippen LogP contribution in [0.3, 0.4) is 0 Å². The molecule has 1 amide bonds. The van der Waals surface area contributed by atoms with Crippen molar-refractivity contribution in [3.8, 4) is 0 Å². The van der Waals surface area contributed by atoms with Gasteiger partial charge < -0.3 is 14.8 Å². The van der Waals surface area contributed by atoms with Crippen LogP contribution >= 0.6 is 0 Å². The standard InChI is InChI=1S/C19H20FNO3/c20-17-6-5-16(14-3-1-2-4-15(14)17)18(22)21-13-7-9-24-19(11-13)8-10-23-12-19/h1-6,13H,7-12H2,(H,21,22)/t13-,19-/m0/s1. The third kappa shape index (κ3) is 2.78. The molecule has 1 spiro atoms. The predicted octanol–water partition coefficient (Wildman–Crippen LogP) is 3.05. The van der Waals surface area contributed by atoms with Crippen molar-refractivity contribution >= 4 is 16.7 Å². The van der Waals surface area contributed by atoms with Crippen molar-refractivity contribution in [3.05, 3.63) is 47.8 Å². The van der Waals surface area contributed by atoms with Gasteiger partial charge in [-0.25, -0.2) is 4.39 Å². The number of carbonyl (C=O) groups excluding carboxylic acids is 1. The number of rotatable bonds is 2. The molecule has 0 bridgehead atoms. The van der Waals surface area contributed by atoms with Gasteiger partial charge in [0, 0.05) is 36.6 Å². The van der Waals surface area contributed by atoms with Crippen LogP contribution in [0.1, 0.15) is 29.6 Å². The molecule has 0 saturated carbocycles. The number of hydrogen-bond acceptors (Lipinski definition) is 3. The smallest absolute Gasteiger partial charge is 0.252 e. The second-order valence-corrected chi connectivity index (χ2v) is 6.64. The van der Waals surface area contributed by atoms with E-state index in [9.17, 15) is 9.18 Å². The van der Waals surface area contributed by atoms with E-state index in [1.54, 1.807) is 24.3 Å². The Kier molecular flexibility index (Phi) is 3.98. The topological polar surface area (TPSA) is 47.6 Å². The van der Waals surface area contributed by atoms with Crippen LogP contribution in [-0.2, 0) is 9.47 Å². The van der Waals surface area contributed by atoms with Crippen molar-refractivity contribution in [1.29, 1.82) is 0 Å². The third-order valence-electron chi connectivity index (χ3n) is 5.01. The highest BCUT2D eigenvalue weighted by atomic mass is 19.1. The van der Waals surface area contributed by atoms with Gasteiger partial charge in [0.05, 0.1) is 12.2 Å². The molecule has 2 aliphatic rings. The van der Waals surface area contributed by atoms with Crippen LogP contribution in [0.15, 0.2) is 36.4 Å². The van der Waals surface area contributed by atoms with E-state index < -0.39 is 0 Å². The van der Waals surface area contributed by atoms with Crippen molar-refractivity contribution in [1.82, 2.24) is 5.32 Å². The van der Waals surface area contributed by atoms with E-state index >= 15 is 0 Å². The van der Waals surface area contributed by atoms with Gasteiger partial charge >= 0.3 is 0 Å². The minimum absolute atomic E-state index is 0.0526. The molecule has 2 aromatic rings. The molecule has 4 nitrogen and oxygen atoms in total. The van der Waals surface area contributed by atoms with Gasteiger partial charge in [-0.05, 0) is 30.4 Å². The Morgan fingerprint density at radius 1 is 1.17 bits per heavy atom. The molecule has 0 aromatic heterocycles. The minimum Gasteiger partial charge on any atom is -0.378 e. The maximum Gasteiger partial charge on any atom is 0.252 e. The first kappa shape index (κ1) is 15.5. The van der Waals surface area contributed by atoms with E-state index in [0.29, 0.717) is 36.2 Å². The molecule has 0 radical (unpaired) electrons. The van der Waals surface area contributed by atoms with E-state index in [4.69, 9.17) is 9.47 Å². The van der Waals surface area contributed by atoms with Crippen LogP contribution in [0.25, 0.3) is 10.8 Å². The molecule has 126 valence electrons. The number of amides is 1. The van der Waals surface area contributed by atoms with E-state index in [-0.39, 0.29) is 23.4 Å². The van der Waals surface area contributed by atoms with Crippen molar-refractivity contribution in [2.45, 2.75) is 30.9 Å². The molecule has 2 aromatic carbocycles. The summed E-state index contributed by atoms with van der Waals surface area (Å²) in [6, 6.07) is 10.0. The number of hydrogen-bond donors (Lipinski definition) is 1. The number of nitrogens with one attached hydrogen (secondary N) is 1. The highest BCUT2D eigenvalue weighted by Gasteiger charge is 2.41. The van der Waals surface area contributed by atoms with Gasteiger partial charge in [0.25, 0.3) is 5.91 Å². The highest BCUT2D eigenvalue weighted by molar-refractivity contribution is 6.07. The number of benzene rings is 2. The summed E-state index contributed by atoms with van der Waals surface area (Å²) in [4.78, 5) is 12.7. The Labute approximate surface area is 139 Å². The molecule has 2 heterocycles. The van der Waals surface area contributed by atoms with E-state index in [0.717, 1.165) is 19.3 Å². The average Bonchev–Trinajstić information content (AvgIpc) is 3.03. The second kappa shape index (κ2) is 6.15. The normalized spacial score (nSPS) is 26.8. The lowest BCUT2D eigenvalue weighted by Crippen LogP contribution is -2.49. The van der Waals surface area contributed by atoms with Crippen molar-refractivity contribution in [3.63, 3.8) is 0 Å².